The Balaban J connectivity index is 1.88. The van der Waals surface area contributed by atoms with Crippen LogP contribution < -0.4 is 5.32 Å². The van der Waals surface area contributed by atoms with Crippen molar-refractivity contribution in [3.63, 3.8) is 0 Å². The molecular formula is C19H17BrN2O2. The zero-order chi connectivity index (χ0) is 17.1. The third-order valence-electron chi connectivity index (χ3n) is 3.85. The maximum atomic E-state index is 12.8. The predicted molar refractivity (Wildman–Crippen MR) is 96.7 cm³/mol. The number of amides is 1. The molecule has 0 radical (unpaired) electrons. The smallest absolute Gasteiger partial charge is 0.257 e. The van der Waals surface area contributed by atoms with Crippen molar-refractivity contribution >= 4 is 21.8 Å². The standard InChI is InChI=1S/C19H17BrN2O2/c1-12(14-6-4-3-5-7-14)21-19(23)17-13(2)24-22-18(17)15-8-10-16(20)11-9-15/h3-12H,1-2H3,(H,21,23)/t12-/m1/s1. The summed E-state index contributed by atoms with van der Waals surface area (Å²) in [6.07, 6.45) is 0. The highest BCUT2D eigenvalue weighted by molar-refractivity contribution is 9.10. The van der Waals surface area contributed by atoms with E-state index in [4.69, 9.17) is 4.52 Å². The summed E-state index contributed by atoms with van der Waals surface area (Å²) in [4.78, 5) is 12.8. The Morgan fingerprint density at radius 3 is 2.46 bits per heavy atom. The number of aryl methyl sites for hydroxylation is 1. The van der Waals surface area contributed by atoms with Gasteiger partial charge in [0.05, 0.1) is 6.04 Å². The van der Waals surface area contributed by atoms with E-state index >= 15 is 0 Å². The van der Waals surface area contributed by atoms with Crippen LogP contribution in [-0.2, 0) is 0 Å². The normalized spacial score (nSPS) is 12.0. The second kappa shape index (κ2) is 7.01. The van der Waals surface area contributed by atoms with Gasteiger partial charge < -0.3 is 9.84 Å². The molecule has 1 atom stereocenters. The van der Waals surface area contributed by atoms with Crippen molar-refractivity contribution < 1.29 is 9.32 Å². The largest absolute Gasteiger partial charge is 0.360 e. The van der Waals surface area contributed by atoms with E-state index in [1.54, 1.807) is 6.92 Å². The lowest BCUT2D eigenvalue weighted by atomic mass is 10.0. The quantitative estimate of drug-likeness (QED) is 0.695. The fraction of sp³-hybridized carbons (Fsp3) is 0.158. The minimum atomic E-state index is -0.192. The van der Waals surface area contributed by atoms with E-state index in [1.165, 1.54) is 0 Å². The molecular weight excluding hydrogens is 368 g/mol. The van der Waals surface area contributed by atoms with Gasteiger partial charge in [-0.3, -0.25) is 4.79 Å². The molecule has 1 aromatic heterocycles. The number of nitrogens with one attached hydrogen (secondary N) is 1. The second-order valence-corrected chi connectivity index (χ2v) is 6.49. The molecule has 5 heteroatoms. The van der Waals surface area contributed by atoms with Gasteiger partial charge in [-0.25, -0.2) is 0 Å². The molecule has 24 heavy (non-hydrogen) atoms. The Kier molecular flexibility index (Phi) is 4.81. The topological polar surface area (TPSA) is 55.1 Å². The minimum Gasteiger partial charge on any atom is -0.360 e. The third-order valence-corrected chi connectivity index (χ3v) is 4.38. The molecule has 122 valence electrons. The lowest BCUT2D eigenvalue weighted by molar-refractivity contribution is 0.0939. The van der Waals surface area contributed by atoms with Gasteiger partial charge in [-0.2, -0.15) is 0 Å². The number of carbonyl (C=O) groups is 1. The van der Waals surface area contributed by atoms with Gasteiger partial charge in [-0.05, 0) is 31.5 Å². The van der Waals surface area contributed by atoms with Crippen LogP contribution in [-0.4, -0.2) is 11.1 Å². The number of aromatic nitrogens is 1. The van der Waals surface area contributed by atoms with Gasteiger partial charge in [0.15, 0.2) is 0 Å². The Labute approximate surface area is 149 Å². The summed E-state index contributed by atoms with van der Waals surface area (Å²) in [5.74, 6) is 0.314. The van der Waals surface area contributed by atoms with Crippen LogP contribution >= 0.6 is 15.9 Å². The molecule has 4 nitrogen and oxygen atoms in total. The fourth-order valence-corrected chi connectivity index (χ4v) is 2.80. The summed E-state index contributed by atoms with van der Waals surface area (Å²) < 4.78 is 6.23. The van der Waals surface area contributed by atoms with E-state index in [1.807, 2.05) is 61.5 Å². The number of hydrogen-bond acceptors (Lipinski definition) is 3. The van der Waals surface area contributed by atoms with Crippen LogP contribution in [0.2, 0.25) is 0 Å². The van der Waals surface area contributed by atoms with Crippen LogP contribution in [0.25, 0.3) is 11.3 Å². The van der Waals surface area contributed by atoms with Gasteiger partial charge in [0.2, 0.25) is 0 Å². The summed E-state index contributed by atoms with van der Waals surface area (Å²) >= 11 is 3.41. The van der Waals surface area contributed by atoms with Gasteiger partial charge in [0.25, 0.3) is 5.91 Å². The number of rotatable bonds is 4. The van der Waals surface area contributed by atoms with E-state index in [0.29, 0.717) is 17.0 Å². The maximum absolute atomic E-state index is 12.8. The van der Waals surface area contributed by atoms with Crippen LogP contribution in [0.15, 0.2) is 63.6 Å². The van der Waals surface area contributed by atoms with E-state index in [9.17, 15) is 4.79 Å². The number of carbonyl (C=O) groups excluding carboxylic acids is 1. The summed E-state index contributed by atoms with van der Waals surface area (Å²) in [5, 5.41) is 7.08. The molecule has 1 N–H and O–H groups in total. The van der Waals surface area contributed by atoms with Gasteiger partial charge in [0.1, 0.15) is 17.0 Å². The first-order valence-electron chi connectivity index (χ1n) is 7.64. The van der Waals surface area contributed by atoms with Crippen molar-refractivity contribution in [1.29, 1.82) is 0 Å². The Hall–Kier alpha value is -2.40. The summed E-state index contributed by atoms with van der Waals surface area (Å²) in [5.41, 5.74) is 2.91. The number of nitrogens with zero attached hydrogens (tertiary/aromatic N) is 1. The van der Waals surface area contributed by atoms with Crippen LogP contribution in [0.5, 0.6) is 0 Å². The molecule has 0 unspecified atom stereocenters. The molecule has 0 aliphatic carbocycles. The van der Waals surface area contributed by atoms with Gasteiger partial charge in [-0.15, -0.1) is 0 Å². The van der Waals surface area contributed by atoms with Crippen molar-refractivity contribution in [1.82, 2.24) is 10.5 Å². The Bertz CT molecular complexity index is 842. The molecule has 1 amide bonds. The molecule has 0 fully saturated rings. The number of hydrogen-bond donors (Lipinski definition) is 1. The lowest BCUT2D eigenvalue weighted by Crippen LogP contribution is -2.27. The maximum Gasteiger partial charge on any atom is 0.257 e. The molecule has 0 aliphatic heterocycles. The monoisotopic (exact) mass is 384 g/mol. The minimum absolute atomic E-state index is 0.106. The summed E-state index contributed by atoms with van der Waals surface area (Å²) in [7, 11) is 0. The van der Waals surface area contributed by atoms with Crippen LogP contribution in [0.1, 0.15) is 34.6 Å². The number of benzene rings is 2. The molecule has 0 aliphatic rings. The van der Waals surface area contributed by atoms with Crippen LogP contribution in [0, 0.1) is 6.92 Å². The van der Waals surface area contributed by atoms with Gasteiger partial charge >= 0.3 is 0 Å². The first-order chi connectivity index (χ1) is 11.6. The molecule has 3 aromatic rings. The zero-order valence-corrected chi connectivity index (χ0v) is 15.0. The molecule has 1 heterocycles. The van der Waals surface area contributed by atoms with Crippen molar-refractivity contribution in [2.75, 3.05) is 0 Å². The van der Waals surface area contributed by atoms with E-state index in [2.05, 4.69) is 26.4 Å². The van der Waals surface area contributed by atoms with Crippen LogP contribution in [0.3, 0.4) is 0 Å². The summed E-state index contributed by atoms with van der Waals surface area (Å²) in [6.45, 7) is 3.70. The fourth-order valence-electron chi connectivity index (χ4n) is 2.54. The molecule has 0 saturated carbocycles. The highest BCUT2D eigenvalue weighted by atomic mass is 79.9. The molecule has 2 aromatic carbocycles. The molecule has 0 spiro atoms. The first kappa shape index (κ1) is 16.5. The van der Waals surface area contributed by atoms with Gasteiger partial charge in [-0.1, -0.05) is 63.6 Å². The Morgan fingerprint density at radius 2 is 1.79 bits per heavy atom. The predicted octanol–water partition coefficient (Wildman–Crippen LogP) is 4.90. The van der Waals surface area contributed by atoms with Crippen LogP contribution in [0.4, 0.5) is 0 Å². The van der Waals surface area contributed by atoms with Gasteiger partial charge in [0, 0.05) is 10.0 Å². The third kappa shape index (κ3) is 3.41. The van der Waals surface area contributed by atoms with Crippen molar-refractivity contribution in [3.8, 4) is 11.3 Å². The van der Waals surface area contributed by atoms with E-state index < -0.39 is 0 Å². The molecule has 0 bridgehead atoms. The summed E-state index contributed by atoms with van der Waals surface area (Å²) in [6, 6.07) is 17.4. The lowest BCUT2D eigenvalue weighted by Gasteiger charge is -2.14. The highest BCUT2D eigenvalue weighted by Gasteiger charge is 2.23. The molecule has 3 rings (SSSR count). The van der Waals surface area contributed by atoms with Crippen molar-refractivity contribution in [2.24, 2.45) is 0 Å². The number of halogens is 1. The first-order valence-corrected chi connectivity index (χ1v) is 8.43. The highest BCUT2D eigenvalue weighted by Crippen LogP contribution is 2.27. The average molecular weight is 385 g/mol. The van der Waals surface area contributed by atoms with E-state index in [0.717, 1.165) is 15.6 Å². The zero-order valence-electron chi connectivity index (χ0n) is 13.4. The van der Waals surface area contributed by atoms with E-state index in [-0.39, 0.29) is 11.9 Å². The molecule has 0 saturated heterocycles. The SMILES string of the molecule is Cc1onc(-c2ccc(Br)cc2)c1C(=O)N[C@H](C)c1ccccc1. The van der Waals surface area contributed by atoms with Crippen molar-refractivity contribution in [2.45, 2.75) is 19.9 Å². The van der Waals surface area contributed by atoms with Crippen molar-refractivity contribution in [3.05, 3.63) is 76.0 Å². The second-order valence-electron chi connectivity index (χ2n) is 5.58. The Morgan fingerprint density at radius 1 is 1.12 bits per heavy atom. The average Bonchev–Trinajstić information content (AvgIpc) is 2.98.